The molecule has 0 spiro atoms. The molecule has 5 heteroatoms. The SMILES string of the molecule is C#CC(C)Nc1ccc(C(F)(F)F)cc1C#N. The minimum Gasteiger partial charge on any atom is -0.371 e. The first-order chi connectivity index (χ1) is 7.88. The van der Waals surface area contributed by atoms with Crippen LogP contribution in [0, 0.1) is 23.7 Å². The fourth-order valence-corrected chi connectivity index (χ4v) is 1.21. The van der Waals surface area contributed by atoms with Gasteiger partial charge in [0, 0.05) is 0 Å². The molecule has 0 saturated carbocycles. The zero-order valence-corrected chi connectivity index (χ0v) is 8.97. The van der Waals surface area contributed by atoms with Gasteiger partial charge in [0.1, 0.15) is 6.07 Å². The summed E-state index contributed by atoms with van der Waals surface area (Å²) in [7, 11) is 0. The van der Waals surface area contributed by atoms with Crippen molar-refractivity contribution in [2.45, 2.75) is 19.1 Å². The molecule has 88 valence electrons. The van der Waals surface area contributed by atoms with Crippen molar-refractivity contribution in [3.63, 3.8) is 0 Å². The number of halogens is 3. The fourth-order valence-electron chi connectivity index (χ4n) is 1.21. The largest absolute Gasteiger partial charge is 0.416 e. The van der Waals surface area contributed by atoms with E-state index in [2.05, 4.69) is 11.2 Å². The van der Waals surface area contributed by atoms with Gasteiger partial charge in [-0.05, 0) is 25.1 Å². The van der Waals surface area contributed by atoms with E-state index in [9.17, 15) is 13.2 Å². The number of rotatable bonds is 2. The highest BCUT2D eigenvalue weighted by molar-refractivity contribution is 5.60. The van der Waals surface area contributed by atoms with Crippen LogP contribution in [0.15, 0.2) is 18.2 Å². The standard InChI is InChI=1S/C12H9F3N2/c1-3-8(2)17-11-5-4-10(12(13,14)15)6-9(11)7-16/h1,4-6,8,17H,2H3. The first-order valence-electron chi connectivity index (χ1n) is 4.72. The lowest BCUT2D eigenvalue weighted by atomic mass is 10.1. The predicted molar refractivity (Wildman–Crippen MR) is 58.1 cm³/mol. The molecule has 1 atom stereocenters. The van der Waals surface area contributed by atoms with Crippen LogP contribution in [0.2, 0.25) is 0 Å². The van der Waals surface area contributed by atoms with Crippen molar-refractivity contribution in [3.8, 4) is 18.4 Å². The van der Waals surface area contributed by atoms with Crippen molar-refractivity contribution in [3.05, 3.63) is 29.3 Å². The van der Waals surface area contributed by atoms with Crippen LogP contribution in [0.4, 0.5) is 18.9 Å². The summed E-state index contributed by atoms with van der Waals surface area (Å²) in [6, 6.07) is 4.25. The second-order valence-electron chi connectivity index (χ2n) is 3.40. The highest BCUT2D eigenvalue weighted by atomic mass is 19.4. The predicted octanol–water partition coefficient (Wildman–Crippen LogP) is 3.01. The van der Waals surface area contributed by atoms with E-state index in [0.29, 0.717) is 5.69 Å². The van der Waals surface area contributed by atoms with E-state index in [4.69, 9.17) is 11.7 Å². The van der Waals surface area contributed by atoms with Crippen molar-refractivity contribution >= 4 is 5.69 Å². The maximum atomic E-state index is 12.4. The van der Waals surface area contributed by atoms with Crippen molar-refractivity contribution in [2.24, 2.45) is 0 Å². The van der Waals surface area contributed by atoms with Gasteiger partial charge in [-0.1, -0.05) is 5.92 Å². The molecule has 0 aromatic heterocycles. The Hall–Kier alpha value is -2.14. The third-order valence-corrected chi connectivity index (χ3v) is 2.09. The van der Waals surface area contributed by atoms with Gasteiger partial charge in [-0.15, -0.1) is 6.42 Å². The Morgan fingerprint density at radius 2 is 2.06 bits per heavy atom. The van der Waals surface area contributed by atoms with E-state index >= 15 is 0 Å². The van der Waals surface area contributed by atoms with E-state index in [0.717, 1.165) is 12.1 Å². The van der Waals surface area contributed by atoms with Crippen LogP contribution in [-0.4, -0.2) is 6.04 Å². The molecule has 0 aliphatic rings. The van der Waals surface area contributed by atoms with Gasteiger partial charge in [-0.3, -0.25) is 0 Å². The van der Waals surface area contributed by atoms with Crippen molar-refractivity contribution in [1.29, 1.82) is 5.26 Å². The van der Waals surface area contributed by atoms with Gasteiger partial charge in [0.25, 0.3) is 0 Å². The smallest absolute Gasteiger partial charge is 0.371 e. The lowest BCUT2D eigenvalue weighted by Crippen LogP contribution is -2.14. The number of alkyl halides is 3. The highest BCUT2D eigenvalue weighted by Gasteiger charge is 2.31. The molecule has 0 aliphatic carbocycles. The molecule has 0 heterocycles. The van der Waals surface area contributed by atoms with Crippen LogP contribution in [0.1, 0.15) is 18.1 Å². The van der Waals surface area contributed by atoms with Gasteiger partial charge in [-0.25, -0.2) is 0 Å². The van der Waals surface area contributed by atoms with Gasteiger partial charge in [0.05, 0.1) is 22.9 Å². The summed E-state index contributed by atoms with van der Waals surface area (Å²) in [6.45, 7) is 1.67. The molecule has 0 saturated heterocycles. The van der Waals surface area contributed by atoms with Crippen molar-refractivity contribution < 1.29 is 13.2 Å². The molecular formula is C12H9F3N2. The number of nitrogens with zero attached hydrogens (tertiary/aromatic N) is 1. The van der Waals surface area contributed by atoms with Crippen LogP contribution < -0.4 is 5.32 Å². The zero-order valence-electron chi connectivity index (χ0n) is 8.97. The minimum atomic E-state index is -4.46. The molecule has 0 radical (unpaired) electrons. The summed E-state index contributed by atoms with van der Waals surface area (Å²) >= 11 is 0. The summed E-state index contributed by atoms with van der Waals surface area (Å²) in [4.78, 5) is 0. The van der Waals surface area contributed by atoms with E-state index in [1.807, 2.05) is 0 Å². The highest BCUT2D eigenvalue weighted by Crippen LogP contribution is 2.31. The maximum absolute atomic E-state index is 12.4. The van der Waals surface area contributed by atoms with E-state index in [-0.39, 0.29) is 11.6 Å². The third-order valence-electron chi connectivity index (χ3n) is 2.09. The van der Waals surface area contributed by atoms with Crippen LogP contribution in [0.3, 0.4) is 0 Å². The summed E-state index contributed by atoms with van der Waals surface area (Å²) < 4.78 is 37.2. The lowest BCUT2D eigenvalue weighted by Gasteiger charge is -2.13. The van der Waals surface area contributed by atoms with E-state index in [1.165, 1.54) is 6.07 Å². The Morgan fingerprint density at radius 3 is 2.53 bits per heavy atom. The van der Waals surface area contributed by atoms with Crippen LogP contribution in [-0.2, 0) is 6.18 Å². The second kappa shape index (κ2) is 4.80. The fraction of sp³-hybridized carbons (Fsp3) is 0.250. The molecule has 17 heavy (non-hydrogen) atoms. The van der Waals surface area contributed by atoms with Crippen LogP contribution >= 0.6 is 0 Å². The Bertz CT molecular complexity index is 492. The number of hydrogen-bond acceptors (Lipinski definition) is 2. The van der Waals surface area contributed by atoms with Crippen molar-refractivity contribution in [2.75, 3.05) is 5.32 Å². The van der Waals surface area contributed by atoms with Gasteiger partial charge >= 0.3 is 6.18 Å². The molecule has 0 aliphatic heterocycles. The number of anilines is 1. The average Bonchev–Trinajstić information content (AvgIpc) is 2.27. The minimum absolute atomic E-state index is 0.0816. The van der Waals surface area contributed by atoms with E-state index in [1.54, 1.807) is 13.0 Å². The molecule has 1 aromatic rings. The number of terminal acetylenes is 1. The lowest BCUT2D eigenvalue weighted by molar-refractivity contribution is -0.137. The summed E-state index contributed by atoms with van der Waals surface area (Å²) in [5.74, 6) is 2.37. The first kappa shape index (κ1) is 12.9. The first-order valence-corrected chi connectivity index (χ1v) is 4.72. The molecule has 1 N–H and O–H groups in total. The van der Waals surface area contributed by atoms with Gasteiger partial charge in [0.2, 0.25) is 0 Å². The molecule has 2 nitrogen and oxygen atoms in total. The number of benzene rings is 1. The molecule has 1 aromatic carbocycles. The molecule has 1 rings (SSSR count). The number of nitriles is 1. The van der Waals surface area contributed by atoms with E-state index < -0.39 is 11.7 Å². The Kier molecular flexibility index (Phi) is 3.65. The summed E-state index contributed by atoms with van der Waals surface area (Å²) in [5.41, 5.74) is -0.638. The van der Waals surface area contributed by atoms with Crippen molar-refractivity contribution in [1.82, 2.24) is 0 Å². The second-order valence-corrected chi connectivity index (χ2v) is 3.40. The number of nitrogens with one attached hydrogen (secondary N) is 1. The molecular weight excluding hydrogens is 229 g/mol. The Balaban J connectivity index is 3.13. The molecule has 0 amide bonds. The molecule has 1 unspecified atom stereocenters. The number of hydrogen-bond donors (Lipinski definition) is 1. The monoisotopic (exact) mass is 238 g/mol. The van der Waals surface area contributed by atoms with Crippen LogP contribution in [0.5, 0.6) is 0 Å². The quantitative estimate of drug-likeness (QED) is 0.804. The van der Waals surface area contributed by atoms with Gasteiger partial charge in [-0.2, -0.15) is 18.4 Å². The third kappa shape index (κ3) is 3.15. The van der Waals surface area contributed by atoms with Gasteiger partial charge < -0.3 is 5.32 Å². The normalized spacial score (nSPS) is 12.4. The Labute approximate surface area is 97.1 Å². The average molecular weight is 238 g/mol. The summed E-state index contributed by atoms with van der Waals surface area (Å²) in [5, 5.41) is 11.5. The van der Waals surface area contributed by atoms with Crippen LogP contribution in [0.25, 0.3) is 0 Å². The van der Waals surface area contributed by atoms with Gasteiger partial charge in [0.15, 0.2) is 0 Å². The maximum Gasteiger partial charge on any atom is 0.416 e. The Morgan fingerprint density at radius 1 is 1.41 bits per heavy atom. The summed E-state index contributed by atoms with van der Waals surface area (Å²) in [6.07, 6.45) is 0.679. The topological polar surface area (TPSA) is 35.8 Å². The molecule has 0 bridgehead atoms. The zero-order chi connectivity index (χ0) is 13.1. The molecule has 0 fully saturated rings.